The lowest BCUT2D eigenvalue weighted by Crippen LogP contribution is -2.23. The van der Waals surface area contributed by atoms with Gasteiger partial charge in [0.2, 0.25) is 5.91 Å². The first kappa shape index (κ1) is 15.8. The maximum Gasteiger partial charge on any atom is 0.244 e. The third-order valence-corrected chi connectivity index (χ3v) is 4.92. The molecule has 0 bridgehead atoms. The van der Waals surface area contributed by atoms with Crippen LogP contribution in [0.3, 0.4) is 0 Å². The summed E-state index contributed by atoms with van der Waals surface area (Å²) < 4.78 is 0. The van der Waals surface area contributed by atoms with Crippen LogP contribution in [0.5, 0.6) is 0 Å². The van der Waals surface area contributed by atoms with Crippen molar-refractivity contribution in [2.75, 3.05) is 6.54 Å². The van der Waals surface area contributed by atoms with Crippen molar-refractivity contribution in [2.24, 2.45) is 0 Å². The molecule has 0 saturated carbocycles. The molecule has 0 aliphatic carbocycles. The number of halogens is 1. The molecule has 1 aromatic carbocycles. The van der Waals surface area contributed by atoms with Crippen molar-refractivity contribution >= 4 is 45.3 Å². The van der Waals surface area contributed by atoms with Crippen LogP contribution >= 0.6 is 22.9 Å². The number of allylic oxidation sites excluding steroid dienone is 1. The second-order valence-electron chi connectivity index (χ2n) is 5.35. The predicted molar refractivity (Wildman–Crippen MR) is 98.0 cm³/mol. The van der Waals surface area contributed by atoms with Crippen LogP contribution in [0.25, 0.3) is 16.5 Å². The van der Waals surface area contributed by atoms with Crippen molar-refractivity contribution in [3.63, 3.8) is 0 Å². The molecule has 0 fully saturated rings. The highest BCUT2D eigenvalue weighted by atomic mass is 35.5. The number of thiophene rings is 1. The van der Waals surface area contributed by atoms with E-state index < -0.39 is 0 Å². The van der Waals surface area contributed by atoms with Gasteiger partial charge in [0.25, 0.3) is 0 Å². The molecule has 23 heavy (non-hydrogen) atoms. The highest BCUT2D eigenvalue weighted by molar-refractivity contribution is 7.11. The van der Waals surface area contributed by atoms with E-state index in [-0.39, 0.29) is 5.91 Å². The third kappa shape index (κ3) is 3.84. The average Bonchev–Trinajstić information content (AvgIpc) is 3.17. The van der Waals surface area contributed by atoms with Crippen LogP contribution in [0.2, 0.25) is 5.02 Å². The fourth-order valence-electron chi connectivity index (χ4n) is 2.50. The molecule has 3 aromatic rings. The first-order chi connectivity index (χ1) is 11.1. The van der Waals surface area contributed by atoms with E-state index in [1.165, 1.54) is 0 Å². The number of carbonyl (C=O) groups is 1. The predicted octanol–water partition coefficient (Wildman–Crippen LogP) is 4.65. The lowest BCUT2D eigenvalue weighted by Gasteiger charge is -2.03. The zero-order valence-electron chi connectivity index (χ0n) is 12.7. The Balaban J connectivity index is 1.59. The van der Waals surface area contributed by atoms with Crippen molar-refractivity contribution in [3.8, 4) is 0 Å². The molecular weight excluding hydrogens is 328 g/mol. The maximum atomic E-state index is 12.0. The summed E-state index contributed by atoms with van der Waals surface area (Å²) in [6.07, 6.45) is 4.38. The molecule has 5 heteroatoms. The third-order valence-electron chi connectivity index (χ3n) is 3.68. The van der Waals surface area contributed by atoms with Crippen LogP contribution in [0.15, 0.2) is 48.0 Å². The first-order valence-corrected chi connectivity index (χ1v) is 8.65. The Bertz CT molecular complexity index is 849. The van der Waals surface area contributed by atoms with Crippen molar-refractivity contribution < 1.29 is 4.79 Å². The maximum absolute atomic E-state index is 12.0. The molecule has 3 nitrogen and oxygen atoms in total. The molecule has 0 saturated heterocycles. The monoisotopic (exact) mass is 344 g/mol. The van der Waals surface area contributed by atoms with E-state index in [1.807, 2.05) is 48.8 Å². The fraction of sp³-hybridized carbons (Fsp3) is 0.167. The minimum absolute atomic E-state index is 0.0613. The normalized spacial score (nSPS) is 11.8. The molecule has 118 valence electrons. The molecule has 3 rings (SSSR count). The number of H-pyrrole nitrogens is 1. The Morgan fingerprint density at radius 2 is 2.26 bits per heavy atom. The summed E-state index contributed by atoms with van der Waals surface area (Å²) in [6.45, 7) is 2.54. The Hall–Kier alpha value is -2.04. The summed E-state index contributed by atoms with van der Waals surface area (Å²) in [4.78, 5) is 16.3. The van der Waals surface area contributed by atoms with Crippen molar-refractivity contribution in [2.45, 2.75) is 13.3 Å². The van der Waals surface area contributed by atoms with Gasteiger partial charge in [-0.3, -0.25) is 4.79 Å². The molecule has 2 heterocycles. The summed E-state index contributed by atoms with van der Waals surface area (Å²) in [5, 5.41) is 6.77. The van der Waals surface area contributed by atoms with E-state index in [0.29, 0.717) is 6.54 Å². The first-order valence-electron chi connectivity index (χ1n) is 7.39. The molecule has 2 aromatic heterocycles. The number of aromatic amines is 1. The standard InChI is InChI=1S/C18H17ClN2OS/c1-12(17-3-2-8-23-17)9-18(22)20-7-6-13-11-21-16-5-4-14(19)10-15(13)16/h2-5,8-11,21H,6-7H2,1H3,(H,20,22). The lowest BCUT2D eigenvalue weighted by molar-refractivity contribution is -0.116. The molecule has 0 aliphatic rings. The Kier molecular flexibility index (Phi) is 4.84. The number of hydrogen-bond donors (Lipinski definition) is 2. The van der Waals surface area contributed by atoms with Gasteiger partial charge in [0, 0.05) is 39.6 Å². The molecule has 1 amide bonds. The van der Waals surface area contributed by atoms with Gasteiger partial charge < -0.3 is 10.3 Å². The number of carbonyl (C=O) groups excluding carboxylic acids is 1. The smallest absolute Gasteiger partial charge is 0.244 e. The molecule has 0 unspecified atom stereocenters. The number of fused-ring (bicyclic) bond motifs is 1. The minimum Gasteiger partial charge on any atom is -0.361 e. The van der Waals surface area contributed by atoms with Gasteiger partial charge in [0.15, 0.2) is 0 Å². The van der Waals surface area contributed by atoms with Gasteiger partial charge in [0.05, 0.1) is 0 Å². The van der Waals surface area contributed by atoms with Crippen LogP contribution < -0.4 is 5.32 Å². The second-order valence-corrected chi connectivity index (χ2v) is 6.73. The Morgan fingerprint density at radius 3 is 3.04 bits per heavy atom. The molecule has 0 atom stereocenters. The van der Waals surface area contributed by atoms with E-state index in [4.69, 9.17) is 11.6 Å². The highest BCUT2D eigenvalue weighted by Gasteiger charge is 2.05. The van der Waals surface area contributed by atoms with Gasteiger partial charge in [-0.05, 0) is 54.1 Å². The number of rotatable bonds is 5. The van der Waals surface area contributed by atoms with E-state index in [2.05, 4.69) is 10.3 Å². The van der Waals surface area contributed by atoms with E-state index in [9.17, 15) is 4.79 Å². The number of amides is 1. The highest BCUT2D eigenvalue weighted by Crippen LogP contribution is 2.22. The van der Waals surface area contributed by atoms with Crippen molar-refractivity contribution in [1.82, 2.24) is 10.3 Å². The van der Waals surface area contributed by atoms with Gasteiger partial charge >= 0.3 is 0 Å². The SMILES string of the molecule is CC(=CC(=O)NCCc1c[nH]c2ccc(Cl)cc12)c1cccs1. The molecule has 0 aliphatic heterocycles. The van der Waals surface area contributed by atoms with E-state index in [1.54, 1.807) is 17.4 Å². The summed E-state index contributed by atoms with van der Waals surface area (Å²) in [5.41, 5.74) is 3.20. The molecule has 2 N–H and O–H groups in total. The quantitative estimate of drug-likeness (QED) is 0.650. The molecule has 0 spiro atoms. The van der Waals surface area contributed by atoms with Crippen molar-refractivity contribution in [1.29, 1.82) is 0 Å². The van der Waals surface area contributed by atoms with Crippen molar-refractivity contribution in [3.05, 3.63) is 63.4 Å². The largest absolute Gasteiger partial charge is 0.361 e. The van der Waals surface area contributed by atoms with Gasteiger partial charge in [-0.2, -0.15) is 0 Å². The van der Waals surface area contributed by atoms with Gasteiger partial charge in [0.1, 0.15) is 0 Å². The van der Waals surface area contributed by atoms with Crippen LogP contribution in [-0.4, -0.2) is 17.4 Å². The molecule has 0 radical (unpaired) electrons. The number of nitrogens with one attached hydrogen (secondary N) is 2. The van der Waals surface area contributed by atoms with Gasteiger partial charge in [-0.25, -0.2) is 0 Å². The number of aromatic nitrogens is 1. The topological polar surface area (TPSA) is 44.9 Å². The Labute approximate surface area is 144 Å². The van der Waals surface area contributed by atoms with Crippen LogP contribution in [0.4, 0.5) is 0 Å². The second kappa shape index (κ2) is 7.02. The summed E-state index contributed by atoms with van der Waals surface area (Å²) in [6, 6.07) is 9.78. The average molecular weight is 345 g/mol. The molecular formula is C18H17ClN2OS. The van der Waals surface area contributed by atoms with E-state index in [0.717, 1.165) is 38.4 Å². The summed E-state index contributed by atoms with van der Waals surface area (Å²) in [7, 11) is 0. The number of hydrogen-bond acceptors (Lipinski definition) is 2. The zero-order chi connectivity index (χ0) is 16.2. The summed E-state index contributed by atoms with van der Waals surface area (Å²) >= 11 is 7.68. The summed E-state index contributed by atoms with van der Waals surface area (Å²) in [5.74, 6) is -0.0613. The van der Waals surface area contributed by atoms with E-state index >= 15 is 0 Å². The van der Waals surface area contributed by atoms with Gasteiger partial charge in [-0.15, -0.1) is 11.3 Å². The lowest BCUT2D eigenvalue weighted by atomic mass is 10.1. The fourth-order valence-corrected chi connectivity index (χ4v) is 3.38. The minimum atomic E-state index is -0.0613. The van der Waals surface area contributed by atoms with Crippen LogP contribution in [0.1, 0.15) is 17.4 Å². The zero-order valence-corrected chi connectivity index (χ0v) is 14.3. The van der Waals surface area contributed by atoms with Crippen LogP contribution in [-0.2, 0) is 11.2 Å². The van der Waals surface area contributed by atoms with Gasteiger partial charge in [-0.1, -0.05) is 17.7 Å². The Morgan fingerprint density at radius 1 is 1.39 bits per heavy atom. The van der Waals surface area contributed by atoms with Crippen LogP contribution in [0, 0.1) is 0 Å². The number of benzene rings is 1.